The van der Waals surface area contributed by atoms with Crippen LogP contribution in [0.15, 0.2) is 22.7 Å². The van der Waals surface area contributed by atoms with E-state index in [2.05, 4.69) is 10.5 Å². The predicted octanol–water partition coefficient (Wildman–Crippen LogP) is 2.39. The highest BCUT2D eigenvalue weighted by Crippen LogP contribution is 2.29. The van der Waals surface area contributed by atoms with Crippen LogP contribution in [-0.2, 0) is 0 Å². The van der Waals surface area contributed by atoms with E-state index in [4.69, 9.17) is 4.52 Å². The van der Waals surface area contributed by atoms with Gasteiger partial charge in [0.25, 0.3) is 0 Å². The van der Waals surface area contributed by atoms with E-state index in [0.717, 1.165) is 30.5 Å². The second-order valence-corrected chi connectivity index (χ2v) is 3.86. The van der Waals surface area contributed by atoms with Crippen LogP contribution >= 0.6 is 0 Å². The first kappa shape index (κ1) is 8.85. The second-order valence-electron chi connectivity index (χ2n) is 3.86. The monoisotopic (exact) mass is 206 g/mol. The molecule has 0 spiro atoms. The van der Waals surface area contributed by atoms with Gasteiger partial charge in [-0.3, -0.25) is 0 Å². The molecule has 0 unspecified atom stereocenters. The van der Waals surface area contributed by atoms with Crippen molar-refractivity contribution < 1.29 is 8.91 Å². The predicted molar refractivity (Wildman–Crippen MR) is 53.9 cm³/mol. The first-order valence-corrected chi connectivity index (χ1v) is 5.13. The Bertz CT molecular complexity index is 488. The standard InChI is InChI=1S/C11H11FN2O/c12-7-3-4-8-10(6-7)15-14-11(8)9-2-1-5-13-9/h3-4,6,9,13H,1-2,5H2/t9-/m1/s1. The Morgan fingerprint density at radius 3 is 3.20 bits per heavy atom. The van der Waals surface area contributed by atoms with E-state index in [9.17, 15) is 4.39 Å². The first-order chi connectivity index (χ1) is 7.34. The maximum atomic E-state index is 12.9. The molecule has 15 heavy (non-hydrogen) atoms. The molecule has 0 amide bonds. The molecule has 78 valence electrons. The summed E-state index contributed by atoms with van der Waals surface area (Å²) in [5.74, 6) is -0.287. The number of nitrogens with zero attached hydrogens (tertiary/aromatic N) is 1. The molecule has 0 bridgehead atoms. The van der Waals surface area contributed by atoms with E-state index in [-0.39, 0.29) is 11.9 Å². The zero-order chi connectivity index (χ0) is 10.3. The highest BCUT2D eigenvalue weighted by Gasteiger charge is 2.22. The van der Waals surface area contributed by atoms with Gasteiger partial charge in [0, 0.05) is 11.5 Å². The number of aromatic nitrogens is 1. The number of rotatable bonds is 1. The van der Waals surface area contributed by atoms with Gasteiger partial charge >= 0.3 is 0 Å². The SMILES string of the molecule is Fc1ccc2c([C@H]3CCCN3)noc2c1. The molecule has 4 heteroatoms. The lowest BCUT2D eigenvalue weighted by molar-refractivity contribution is 0.431. The third kappa shape index (κ3) is 1.41. The minimum absolute atomic E-state index is 0.261. The summed E-state index contributed by atoms with van der Waals surface area (Å²) in [5, 5.41) is 8.28. The lowest BCUT2D eigenvalue weighted by atomic mass is 10.1. The fourth-order valence-electron chi connectivity index (χ4n) is 2.10. The van der Waals surface area contributed by atoms with Crippen molar-refractivity contribution in [3.63, 3.8) is 0 Å². The highest BCUT2D eigenvalue weighted by molar-refractivity contribution is 5.79. The summed E-state index contributed by atoms with van der Waals surface area (Å²) in [6.07, 6.45) is 2.22. The van der Waals surface area contributed by atoms with Gasteiger partial charge in [-0.25, -0.2) is 4.39 Å². The van der Waals surface area contributed by atoms with Gasteiger partial charge < -0.3 is 9.84 Å². The zero-order valence-corrected chi connectivity index (χ0v) is 8.16. The number of fused-ring (bicyclic) bond motifs is 1. The van der Waals surface area contributed by atoms with Crippen LogP contribution in [0.3, 0.4) is 0 Å². The molecule has 2 heterocycles. The number of halogens is 1. The number of hydrogen-bond donors (Lipinski definition) is 1. The molecule has 3 rings (SSSR count). The fraction of sp³-hybridized carbons (Fsp3) is 0.364. The van der Waals surface area contributed by atoms with Gasteiger partial charge in [-0.15, -0.1) is 0 Å². The van der Waals surface area contributed by atoms with E-state index < -0.39 is 0 Å². The molecular formula is C11H11FN2O. The lowest BCUT2D eigenvalue weighted by Gasteiger charge is -2.04. The van der Waals surface area contributed by atoms with Gasteiger partial charge in [0.05, 0.1) is 6.04 Å². The molecule has 2 aromatic rings. The van der Waals surface area contributed by atoms with Gasteiger partial charge in [0.2, 0.25) is 0 Å². The van der Waals surface area contributed by atoms with Crippen LogP contribution in [0.4, 0.5) is 4.39 Å². The first-order valence-electron chi connectivity index (χ1n) is 5.13. The van der Waals surface area contributed by atoms with Crippen LogP contribution < -0.4 is 5.32 Å². The van der Waals surface area contributed by atoms with Crippen molar-refractivity contribution in [2.75, 3.05) is 6.54 Å². The molecule has 1 atom stereocenters. The van der Waals surface area contributed by atoms with Crippen molar-refractivity contribution in [1.29, 1.82) is 0 Å². The minimum atomic E-state index is -0.287. The fourth-order valence-corrected chi connectivity index (χ4v) is 2.10. The molecule has 1 aromatic carbocycles. The van der Waals surface area contributed by atoms with Gasteiger partial charge in [-0.05, 0) is 31.5 Å². The third-order valence-corrected chi connectivity index (χ3v) is 2.85. The Morgan fingerprint density at radius 2 is 2.40 bits per heavy atom. The molecule has 1 aliphatic heterocycles. The Morgan fingerprint density at radius 1 is 1.47 bits per heavy atom. The van der Waals surface area contributed by atoms with Crippen LogP contribution in [0.25, 0.3) is 11.0 Å². The van der Waals surface area contributed by atoms with Crippen LogP contribution in [0, 0.1) is 5.82 Å². The van der Waals surface area contributed by atoms with Crippen molar-refractivity contribution in [2.24, 2.45) is 0 Å². The van der Waals surface area contributed by atoms with Crippen molar-refractivity contribution >= 4 is 11.0 Å². The Hall–Kier alpha value is -1.42. The smallest absolute Gasteiger partial charge is 0.170 e. The Labute approximate surface area is 86.2 Å². The number of nitrogens with one attached hydrogen (secondary N) is 1. The Balaban J connectivity index is 2.11. The summed E-state index contributed by atoms with van der Waals surface area (Å²) in [4.78, 5) is 0. The van der Waals surface area contributed by atoms with Gasteiger partial charge in [-0.2, -0.15) is 0 Å². The summed E-state index contributed by atoms with van der Waals surface area (Å²) in [6, 6.07) is 4.81. The molecule has 1 aromatic heterocycles. The van der Waals surface area contributed by atoms with E-state index in [1.165, 1.54) is 12.1 Å². The minimum Gasteiger partial charge on any atom is -0.356 e. The summed E-state index contributed by atoms with van der Waals surface area (Å²) < 4.78 is 18.0. The summed E-state index contributed by atoms with van der Waals surface area (Å²) in [7, 11) is 0. The second kappa shape index (κ2) is 3.31. The largest absolute Gasteiger partial charge is 0.356 e. The van der Waals surface area contributed by atoms with Crippen LogP contribution in [-0.4, -0.2) is 11.7 Å². The number of hydrogen-bond acceptors (Lipinski definition) is 3. The third-order valence-electron chi connectivity index (χ3n) is 2.85. The maximum absolute atomic E-state index is 12.9. The summed E-state index contributed by atoms with van der Waals surface area (Å²) in [5.41, 5.74) is 1.43. The maximum Gasteiger partial charge on any atom is 0.170 e. The van der Waals surface area contributed by atoms with E-state index >= 15 is 0 Å². The quantitative estimate of drug-likeness (QED) is 0.778. The molecular weight excluding hydrogens is 195 g/mol. The molecule has 1 aliphatic rings. The van der Waals surface area contributed by atoms with E-state index in [1.807, 2.05) is 0 Å². The zero-order valence-electron chi connectivity index (χ0n) is 8.16. The van der Waals surface area contributed by atoms with Gasteiger partial charge in [0.15, 0.2) is 5.58 Å². The highest BCUT2D eigenvalue weighted by atomic mass is 19.1. The molecule has 1 fully saturated rings. The van der Waals surface area contributed by atoms with Gasteiger partial charge in [-0.1, -0.05) is 5.16 Å². The Kier molecular flexibility index (Phi) is 1.95. The average molecular weight is 206 g/mol. The van der Waals surface area contributed by atoms with Crippen LogP contribution in [0.1, 0.15) is 24.6 Å². The molecule has 0 aliphatic carbocycles. The van der Waals surface area contributed by atoms with Crippen molar-refractivity contribution in [2.45, 2.75) is 18.9 Å². The van der Waals surface area contributed by atoms with E-state index in [0.29, 0.717) is 5.58 Å². The van der Waals surface area contributed by atoms with Gasteiger partial charge in [0.1, 0.15) is 11.5 Å². The molecule has 1 N–H and O–H groups in total. The molecule has 3 nitrogen and oxygen atoms in total. The summed E-state index contributed by atoms with van der Waals surface area (Å²) in [6.45, 7) is 1.01. The summed E-state index contributed by atoms with van der Waals surface area (Å²) >= 11 is 0. The van der Waals surface area contributed by atoms with Crippen molar-refractivity contribution in [3.8, 4) is 0 Å². The number of benzene rings is 1. The van der Waals surface area contributed by atoms with Crippen LogP contribution in [0.5, 0.6) is 0 Å². The van der Waals surface area contributed by atoms with Crippen molar-refractivity contribution in [3.05, 3.63) is 29.7 Å². The van der Waals surface area contributed by atoms with E-state index in [1.54, 1.807) is 6.07 Å². The topological polar surface area (TPSA) is 38.1 Å². The molecule has 0 radical (unpaired) electrons. The van der Waals surface area contributed by atoms with Crippen molar-refractivity contribution in [1.82, 2.24) is 10.5 Å². The van der Waals surface area contributed by atoms with Crippen LogP contribution in [0.2, 0.25) is 0 Å². The molecule has 0 saturated carbocycles. The molecule has 1 saturated heterocycles. The average Bonchev–Trinajstić information content (AvgIpc) is 2.82. The normalized spacial score (nSPS) is 21.3. The lowest BCUT2D eigenvalue weighted by Crippen LogP contribution is -2.13.